The maximum atomic E-state index is 8.46. The van der Waals surface area contributed by atoms with Gasteiger partial charge >= 0.3 is 0 Å². The van der Waals surface area contributed by atoms with Crippen molar-refractivity contribution in [3.8, 4) is 6.07 Å². The fourth-order valence-electron chi connectivity index (χ4n) is 1.10. The highest BCUT2D eigenvalue weighted by Gasteiger charge is 2.09. The average Bonchev–Trinajstić information content (AvgIpc) is 2.34. The number of nitrogens with zero attached hydrogens (tertiary/aromatic N) is 4. The quantitative estimate of drug-likeness (QED) is 0.660. The van der Waals surface area contributed by atoms with Crippen molar-refractivity contribution in [1.82, 2.24) is 15.0 Å². The fraction of sp³-hybridized carbons (Fsp3) is 0.625. The van der Waals surface area contributed by atoms with Gasteiger partial charge in [-0.1, -0.05) is 5.21 Å². The molecule has 0 saturated carbocycles. The smallest absolute Gasteiger partial charge is 0.0996 e. The van der Waals surface area contributed by atoms with Crippen molar-refractivity contribution >= 4 is 0 Å². The summed E-state index contributed by atoms with van der Waals surface area (Å²) in [5, 5.41) is 16.3. The van der Waals surface area contributed by atoms with Crippen LogP contribution in [0, 0.1) is 18.3 Å². The van der Waals surface area contributed by atoms with Crippen molar-refractivity contribution in [2.75, 3.05) is 0 Å². The Labute approximate surface area is 71.8 Å². The molecule has 12 heavy (non-hydrogen) atoms. The van der Waals surface area contributed by atoms with Gasteiger partial charge in [0.1, 0.15) is 0 Å². The zero-order valence-electron chi connectivity index (χ0n) is 7.57. The van der Waals surface area contributed by atoms with E-state index >= 15 is 0 Å². The van der Waals surface area contributed by atoms with E-state index in [1.165, 1.54) is 0 Å². The Morgan fingerprint density at radius 3 is 2.67 bits per heavy atom. The highest BCUT2D eigenvalue weighted by atomic mass is 15.4. The van der Waals surface area contributed by atoms with Crippen molar-refractivity contribution < 1.29 is 0 Å². The second-order valence-corrected chi connectivity index (χ2v) is 2.99. The lowest BCUT2D eigenvalue weighted by molar-refractivity contribution is 0.502. The van der Waals surface area contributed by atoms with Crippen LogP contribution in [0.2, 0.25) is 0 Å². The molecular weight excluding hydrogens is 152 g/mol. The first-order valence-electron chi connectivity index (χ1n) is 3.94. The molecule has 1 aromatic rings. The molecule has 0 aromatic carbocycles. The van der Waals surface area contributed by atoms with Crippen LogP contribution < -0.4 is 0 Å². The summed E-state index contributed by atoms with van der Waals surface area (Å²) in [6.45, 7) is 6.02. The van der Waals surface area contributed by atoms with Crippen LogP contribution in [0.1, 0.15) is 31.3 Å². The minimum Gasteiger partial charge on any atom is -0.247 e. The minimum absolute atomic E-state index is 0.310. The fourth-order valence-corrected chi connectivity index (χ4v) is 1.10. The van der Waals surface area contributed by atoms with Crippen molar-refractivity contribution in [3.05, 3.63) is 11.4 Å². The van der Waals surface area contributed by atoms with Gasteiger partial charge in [-0.2, -0.15) is 5.26 Å². The van der Waals surface area contributed by atoms with Crippen LogP contribution in [0.25, 0.3) is 0 Å². The zero-order valence-corrected chi connectivity index (χ0v) is 7.57. The van der Waals surface area contributed by atoms with E-state index in [2.05, 4.69) is 16.4 Å². The molecule has 1 rings (SSSR count). The highest BCUT2D eigenvalue weighted by molar-refractivity contribution is 5.12. The van der Waals surface area contributed by atoms with Crippen molar-refractivity contribution in [2.24, 2.45) is 0 Å². The first-order valence-corrected chi connectivity index (χ1v) is 3.94. The molecule has 0 aliphatic rings. The first-order chi connectivity index (χ1) is 5.66. The number of aromatic nitrogens is 3. The van der Waals surface area contributed by atoms with Gasteiger partial charge in [0.15, 0.2) is 0 Å². The van der Waals surface area contributed by atoms with E-state index in [-0.39, 0.29) is 0 Å². The van der Waals surface area contributed by atoms with E-state index in [0.717, 1.165) is 11.4 Å². The van der Waals surface area contributed by atoms with Crippen LogP contribution in [0.3, 0.4) is 0 Å². The summed E-state index contributed by atoms with van der Waals surface area (Å²) in [6.07, 6.45) is 0.346. The van der Waals surface area contributed by atoms with E-state index in [9.17, 15) is 0 Å². The Morgan fingerprint density at radius 2 is 2.25 bits per heavy atom. The van der Waals surface area contributed by atoms with Crippen LogP contribution in [0.5, 0.6) is 0 Å². The molecule has 0 saturated heterocycles. The minimum atomic E-state index is 0.310. The summed E-state index contributed by atoms with van der Waals surface area (Å²) in [5.41, 5.74) is 1.78. The Hall–Kier alpha value is -1.37. The normalized spacial score (nSPS) is 10.2. The number of rotatable bonds is 2. The van der Waals surface area contributed by atoms with Gasteiger partial charge in [-0.05, 0) is 20.8 Å². The third-order valence-corrected chi connectivity index (χ3v) is 1.76. The third-order valence-electron chi connectivity index (χ3n) is 1.76. The maximum absolute atomic E-state index is 8.46. The largest absolute Gasteiger partial charge is 0.247 e. The van der Waals surface area contributed by atoms with E-state index in [0.29, 0.717) is 12.5 Å². The number of nitriles is 1. The van der Waals surface area contributed by atoms with E-state index in [1.807, 2.05) is 25.5 Å². The standard InChI is InChI=1S/C8H12N4/c1-6(2)12-7(3)8(4-5-9)10-11-12/h6H,4H2,1-3H3. The predicted molar refractivity (Wildman–Crippen MR) is 44.5 cm³/mol. The van der Waals surface area contributed by atoms with Crippen molar-refractivity contribution in [2.45, 2.75) is 33.2 Å². The molecule has 0 aliphatic carbocycles. The number of hydrogen-bond acceptors (Lipinski definition) is 3. The second kappa shape index (κ2) is 3.35. The molecule has 0 N–H and O–H groups in total. The van der Waals surface area contributed by atoms with Crippen LogP contribution >= 0.6 is 0 Å². The molecule has 0 radical (unpaired) electrons. The van der Waals surface area contributed by atoms with Gasteiger partial charge in [-0.25, -0.2) is 4.68 Å². The van der Waals surface area contributed by atoms with Crippen LogP contribution in [-0.2, 0) is 6.42 Å². The molecule has 0 bridgehead atoms. The molecule has 1 heterocycles. The number of hydrogen-bond donors (Lipinski definition) is 0. The molecule has 0 spiro atoms. The SMILES string of the molecule is Cc1c(CC#N)nnn1C(C)C. The predicted octanol–water partition coefficient (Wildman–Crippen LogP) is 1.23. The zero-order chi connectivity index (χ0) is 9.14. The Kier molecular flexibility index (Phi) is 2.44. The van der Waals surface area contributed by atoms with Crippen LogP contribution in [-0.4, -0.2) is 15.0 Å². The summed E-state index contributed by atoms with van der Waals surface area (Å²) in [6, 6.07) is 2.37. The van der Waals surface area contributed by atoms with Crippen LogP contribution in [0.15, 0.2) is 0 Å². The third kappa shape index (κ3) is 1.45. The summed E-state index contributed by atoms with van der Waals surface area (Å²) in [5.74, 6) is 0. The Balaban J connectivity index is 2.98. The Morgan fingerprint density at radius 1 is 1.58 bits per heavy atom. The lowest BCUT2D eigenvalue weighted by Gasteiger charge is -2.05. The van der Waals surface area contributed by atoms with E-state index in [1.54, 1.807) is 0 Å². The maximum Gasteiger partial charge on any atom is 0.0996 e. The molecule has 4 heteroatoms. The molecule has 1 aromatic heterocycles. The van der Waals surface area contributed by atoms with Gasteiger partial charge in [-0.15, -0.1) is 5.10 Å². The Bertz CT molecular complexity index is 305. The summed E-state index contributed by atoms with van der Waals surface area (Å²) in [7, 11) is 0. The molecule has 0 fully saturated rings. The molecule has 0 aliphatic heterocycles. The summed E-state index contributed by atoms with van der Waals surface area (Å²) >= 11 is 0. The van der Waals surface area contributed by atoms with Gasteiger partial charge in [0.25, 0.3) is 0 Å². The van der Waals surface area contributed by atoms with Gasteiger partial charge in [0, 0.05) is 6.04 Å². The molecule has 0 unspecified atom stereocenters. The second-order valence-electron chi connectivity index (χ2n) is 2.99. The van der Waals surface area contributed by atoms with E-state index in [4.69, 9.17) is 5.26 Å². The summed E-state index contributed by atoms with van der Waals surface area (Å²) < 4.78 is 1.83. The van der Waals surface area contributed by atoms with Gasteiger partial charge in [0.2, 0.25) is 0 Å². The average molecular weight is 164 g/mol. The van der Waals surface area contributed by atoms with Crippen molar-refractivity contribution in [3.63, 3.8) is 0 Å². The van der Waals surface area contributed by atoms with Gasteiger partial charge in [0.05, 0.1) is 23.9 Å². The monoisotopic (exact) mass is 164 g/mol. The molecular formula is C8H12N4. The van der Waals surface area contributed by atoms with Crippen LogP contribution in [0.4, 0.5) is 0 Å². The van der Waals surface area contributed by atoms with Gasteiger partial charge in [-0.3, -0.25) is 0 Å². The first kappa shape index (κ1) is 8.72. The topological polar surface area (TPSA) is 54.5 Å². The van der Waals surface area contributed by atoms with Gasteiger partial charge < -0.3 is 0 Å². The molecule has 0 atom stereocenters. The molecule has 4 nitrogen and oxygen atoms in total. The molecule has 64 valence electrons. The summed E-state index contributed by atoms with van der Waals surface area (Å²) in [4.78, 5) is 0. The molecule has 0 amide bonds. The van der Waals surface area contributed by atoms with Crippen molar-refractivity contribution in [1.29, 1.82) is 5.26 Å². The lowest BCUT2D eigenvalue weighted by Crippen LogP contribution is -2.05. The highest BCUT2D eigenvalue weighted by Crippen LogP contribution is 2.09. The lowest BCUT2D eigenvalue weighted by atomic mass is 10.2. The van der Waals surface area contributed by atoms with E-state index < -0.39 is 0 Å².